The maximum atomic E-state index is 13.1. The third-order valence-corrected chi connectivity index (χ3v) is 24.2. The van der Waals surface area contributed by atoms with Crippen molar-refractivity contribution in [2.45, 2.75) is 67.4 Å². The fourth-order valence-corrected chi connectivity index (χ4v) is 16.2. The third-order valence-electron chi connectivity index (χ3n) is 17.4. The van der Waals surface area contributed by atoms with Gasteiger partial charge in [0.1, 0.15) is 62.1 Å². The molecule has 3 fully saturated rings. The molecule has 3 saturated heterocycles. The number of phenols is 3. The summed E-state index contributed by atoms with van der Waals surface area (Å²) in [5, 5.41) is 40.3. The number of sulfonamides is 3. The lowest BCUT2D eigenvalue weighted by atomic mass is 10.2. The third kappa shape index (κ3) is 31.7. The van der Waals surface area contributed by atoms with Gasteiger partial charge in [-0.25, -0.2) is 64.7 Å². The van der Waals surface area contributed by atoms with Gasteiger partial charge in [-0.15, -0.1) is 0 Å². The van der Waals surface area contributed by atoms with E-state index < -0.39 is 53.5 Å². The molecule has 5 aromatic heterocycles. The van der Waals surface area contributed by atoms with Crippen molar-refractivity contribution in [3.63, 3.8) is 0 Å². The lowest BCUT2D eigenvalue weighted by molar-refractivity contribution is 0.0183. The number of amides is 2. The van der Waals surface area contributed by atoms with Crippen LogP contribution in [0.5, 0.6) is 17.2 Å². The molecule has 0 atom stereocenters. The van der Waals surface area contributed by atoms with E-state index in [1.54, 1.807) is 225 Å². The minimum Gasteiger partial charge on any atom is -0.508 e. The van der Waals surface area contributed by atoms with Crippen molar-refractivity contribution in [1.29, 1.82) is 0 Å². The number of nitrogens with two attached hydrogens (primary N) is 2. The molecule has 0 aliphatic carbocycles. The van der Waals surface area contributed by atoms with Crippen LogP contribution in [0.25, 0.3) is 36.5 Å². The molecule has 2 amide bonds. The molecular formula is C86H97BrIN21O13S3. The monoisotopic (exact) mass is 1930 g/mol. The number of carbonyl (C=O) groups is 2. The van der Waals surface area contributed by atoms with Gasteiger partial charge in [0, 0.05) is 99.2 Å². The number of anilines is 8. The highest BCUT2D eigenvalue weighted by Crippen LogP contribution is 2.28. The van der Waals surface area contributed by atoms with Gasteiger partial charge in [0.2, 0.25) is 30.1 Å². The molecule has 6 aromatic carbocycles. The molecule has 0 saturated carbocycles. The molecule has 11 N–H and O–H groups in total. The minimum absolute atomic E-state index is 0.173. The van der Waals surface area contributed by atoms with Gasteiger partial charge < -0.3 is 67.3 Å². The Balaban J connectivity index is 0.000000186. The Hall–Kier alpha value is -12.5. The van der Waals surface area contributed by atoms with Gasteiger partial charge in [0.15, 0.2) is 0 Å². The quantitative estimate of drug-likeness (QED) is 0.0360. The SMILES string of the molecule is C=Cc1cnc(N)cn1.C=Cc1cnc(Nc2ccc(S(=O)(=O)N3CCN(C(=O)OC(C)(C)C)CC3)cc2)cn1.CC(C)(C)OC(=O)N1CCN(S(=O)(=O)c2ccc(Nc3cnc(/C=C/c4cccc(O)c4)cn3)cc2)CC1.Nc1cnc(Br)cn1.O=S(=O)(c1ccc(Nc2cnc(/C=C/c3cccc(O)c3)cn2)cc1)N1CCNCC1.Oc1cccc(I)c1. The number of nitrogens with one attached hydrogen (secondary N) is 4. The normalized spacial score (nSPS) is 14.0. The Morgan fingerprint density at radius 3 is 1.04 bits per heavy atom. The highest BCUT2D eigenvalue weighted by molar-refractivity contribution is 14.1. The van der Waals surface area contributed by atoms with Gasteiger partial charge in [-0.3, -0.25) is 19.9 Å². The second kappa shape index (κ2) is 45.8. The highest BCUT2D eigenvalue weighted by Gasteiger charge is 2.34. The second-order valence-corrected chi connectivity index (χ2v) is 37.1. The van der Waals surface area contributed by atoms with Crippen molar-refractivity contribution in [2.75, 3.05) is 106 Å². The van der Waals surface area contributed by atoms with Crippen LogP contribution in [0, 0.1) is 3.57 Å². The minimum atomic E-state index is -3.70. The van der Waals surface area contributed by atoms with Crippen LogP contribution >= 0.6 is 38.5 Å². The number of ether oxygens (including phenoxy) is 2. The van der Waals surface area contributed by atoms with E-state index in [1.807, 2.05) is 36.4 Å². The highest BCUT2D eigenvalue weighted by atomic mass is 127. The molecule has 3 aliphatic heterocycles. The Labute approximate surface area is 748 Å². The van der Waals surface area contributed by atoms with Crippen molar-refractivity contribution in [3.8, 4) is 17.2 Å². The zero-order valence-electron chi connectivity index (χ0n) is 69.3. The van der Waals surface area contributed by atoms with Crippen molar-refractivity contribution in [1.82, 2.24) is 77.9 Å². The molecule has 0 radical (unpaired) electrons. The van der Waals surface area contributed by atoms with E-state index in [9.17, 15) is 45.1 Å². The van der Waals surface area contributed by atoms with E-state index in [-0.39, 0.29) is 78.5 Å². The zero-order chi connectivity index (χ0) is 90.3. The smallest absolute Gasteiger partial charge is 0.410 e. The summed E-state index contributed by atoms with van der Waals surface area (Å²) >= 11 is 5.26. The zero-order valence-corrected chi connectivity index (χ0v) is 75.5. The number of nitrogens with zero attached hydrogens (tertiary/aromatic N) is 15. The summed E-state index contributed by atoms with van der Waals surface area (Å²) in [6.07, 6.45) is 25.3. The molecular weight excluding hydrogens is 1840 g/mol. The summed E-state index contributed by atoms with van der Waals surface area (Å²) in [6.45, 7) is 22.1. The number of piperazine rings is 3. The summed E-state index contributed by atoms with van der Waals surface area (Å²) in [6, 6.07) is 40.4. The molecule has 656 valence electrons. The number of aromatic hydroxyl groups is 3. The number of carbonyl (C=O) groups excluding carboxylic acids is 2. The molecule has 125 heavy (non-hydrogen) atoms. The molecule has 11 aromatic rings. The molecule has 0 unspecified atom stereocenters. The summed E-state index contributed by atoms with van der Waals surface area (Å²) in [4.78, 5) is 69.2. The van der Waals surface area contributed by atoms with E-state index in [2.05, 4.69) is 123 Å². The first-order valence-corrected chi connectivity index (χ1v) is 44.9. The second-order valence-electron chi connectivity index (χ2n) is 29.2. The predicted octanol–water partition coefficient (Wildman–Crippen LogP) is 13.7. The van der Waals surface area contributed by atoms with Gasteiger partial charge >= 0.3 is 12.2 Å². The van der Waals surface area contributed by atoms with Gasteiger partial charge in [0.05, 0.1) is 99.4 Å². The van der Waals surface area contributed by atoms with Gasteiger partial charge in [-0.2, -0.15) is 12.9 Å². The molecule has 34 nitrogen and oxygen atoms in total. The number of hydrogen-bond acceptors (Lipinski definition) is 29. The number of halogens is 2. The van der Waals surface area contributed by atoms with E-state index in [4.69, 9.17) is 26.0 Å². The summed E-state index contributed by atoms with van der Waals surface area (Å²) in [5.41, 5.74) is 15.8. The largest absolute Gasteiger partial charge is 0.508 e. The van der Waals surface area contributed by atoms with E-state index in [0.29, 0.717) is 94.1 Å². The summed E-state index contributed by atoms with van der Waals surface area (Å²) < 4.78 is 94.3. The predicted molar refractivity (Wildman–Crippen MR) is 496 cm³/mol. The number of nitrogen functional groups attached to an aromatic ring is 2. The van der Waals surface area contributed by atoms with Crippen LogP contribution < -0.4 is 32.7 Å². The Morgan fingerprint density at radius 1 is 0.424 bits per heavy atom. The lowest BCUT2D eigenvalue weighted by Gasteiger charge is -2.35. The van der Waals surface area contributed by atoms with Crippen LogP contribution in [0.15, 0.2) is 240 Å². The molecule has 0 bridgehead atoms. The number of benzene rings is 6. The summed E-state index contributed by atoms with van der Waals surface area (Å²) in [5.74, 6) is 3.20. The van der Waals surface area contributed by atoms with Gasteiger partial charge in [-0.05, 0) is 231 Å². The maximum absolute atomic E-state index is 13.1. The Morgan fingerprint density at radius 2 is 0.752 bits per heavy atom. The fourth-order valence-electron chi connectivity index (χ4n) is 11.1. The van der Waals surface area contributed by atoms with Crippen molar-refractivity contribution in [2.24, 2.45) is 0 Å². The molecule has 39 heteroatoms. The van der Waals surface area contributed by atoms with Crippen molar-refractivity contribution >= 4 is 163 Å². The van der Waals surface area contributed by atoms with Crippen LogP contribution in [0.1, 0.15) is 75.4 Å². The van der Waals surface area contributed by atoms with Crippen molar-refractivity contribution in [3.05, 3.63) is 263 Å². The Bertz CT molecular complexity index is 5740. The van der Waals surface area contributed by atoms with Gasteiger partial charge in [0.25, 0.3) is 0 Å². The first-order valence-electron chi connectivity index (χ1n) is 38.7. The van der Waals surface area contributed by atoms with E-state index in [0.717, 1.165) is 26.1 Å². The van der Waals surface area contributed by atoms with Gasteiger partial charge in [-0.1, -0.05) is 55.6 Å². The number of hydrogen-bond donors (Lipinski definition) is 9. The average Bonchev–Trinajstić information content (AvgIpc) is 0.812. The Kier molecular flexibility index (Phi) is 35.3. The maximum Gasteiger partial charge on any atom is 0.410 e. The van der Waals surface area contributed by atoms with Crippen LogP contribution in [0.2, 0.25) is 0 Å². The van der Waals surface area contributed by atoms with Crippen LogP contribution in [0.3, 0.4) is 0 Å². The van der Waals surface area contributed by atoms with Crippen LogP contribution in [-0.4, -0.2) is 215 Å². The standard InChI is InChI=1S/C27H31N5O5S.C22H23N5O3S.C21H27N5O4S.C6H5IO.C6H7N3.C4H4BrN3/c1-27(2,3)37-26(34)31-13-15-32(16-14-31)38(35,36)24-11-9-21(10-12-24)30-25-19-28-22(18-29-25)8-7-20-5-4-6-23(33)17-20;28-20-3-1-2-17(14-20)4-5-19-15-25-22(16-24-19)26-18-6-8-21(9-7-18)31(29,30)27-12-10-23-11-13-27;1-5-16-14-23-19(15-22-16)24-17-6-8-18(9-7-17)31(28,29)26-12-10-25(11-13-26)20(27)30-21(2,3)4;7-5-2-1-3-6(8)4-5;1-2-5-3-9-6(7)4-8-5;5-3-1-8-4(6)2-7-3/h4-12,17-19,33H,13-16H2,1-3H3,(H,29,30);1-9,14-16,23,28H,10-13H2,(H,25,26);5-9,14-15H,1,10-13H2,2-4H3,(H,23,24);1-4,8H;2-4H,1H2,(H2,7,9);1-2H,(H2,6,8)/b8-7+;5-4+;;;;. The number of rotatable bonds is 18. The number of phenolic OH excluding ortho intramolecular Hbond substituents is 3. The van der Waals surface area contributed by atoms with Crippen LogP contribution in [-0.2, 0) is 39.5 Å². The van der Waals surface area contributed by atoms with Crippen molar-refractivity contribution < 1.29 is 59.6 Å². The summed E-state index contributed by atoms with van der Waals surface area (Å²) in [7, 11) is -10.8. The van der Waals surface area contributed by atoms with E-state index >= 15 is 0 Å². The molecule has 14 rings (SSSR count). The molecule has 8 heterocycles. The topological polar surface area (TPSA) is 461 Å². The molecule has 0 spiro atoms. The molecule has 3 aliphatic rings. The number of aromatic nitrogens is 10. The van der Waals surface area contributed by atoms with Crippen LogP contribution in [0.4, 0.5) is 55.7 Å². The van der Waals surface area contributed by atoms with E-state index in [1.165, 1.54) is 47.2 Å². The first kappa shape index (κ1) is 96.3. The first-order chi connectivity index (χ1) is 59.5. The lowest BCUT2D eigenvalue weighted by Crippen LogP contribution is -2.51. The fraction of sp³-hybridized carbons (Fsp3) is 0.233. The average molecular weight is 1940 g/mol.